The van der Waals surface area contributed by atoms with Crippen molar-refractivity contribution in [2.45, 2.75) is 44.6 Å². The molecule has 132 valence electrons. The Balaban J connectivity index is 1.55. The van der Waals surface area contributed by atoms with Gasteiger partial charge in [-0.1, -0.05) is 6.07 Å². The zero-order valence-electron chi connectivity index (χ0n) is 13.9. The van der Waals surface area contributed by atoms with Crippen LogP contribution in [0.2, 0.25) is 0 Å². The van der Waals surface area contributed by atoms with Crippen molar-refractivity contribution < 1.29 is 23.0 Å². The number of hydrogen-bond donors (Lipinski definition) is 1. The molecule has 0 radical (unpaired) electrons. The number of piperidine rings is 1. The van der Waals surface area contributed by atoms with E-state index in [9.17, 15) is 13.6 Å². The molecule has 0 saturated carbocycles. The van der Waals surface area contributed by atoms with Gasteiger partial charge in [0.15, 0.2) is 17.4 Å². The van der Waals surface area contributed by atoms with Crippen molar-refractivity contribution in [3.05, 3.63) is 35.4 Å². The number of amides is 2. The predicted octanol–water partition coefficient (Wildman–Crippen LogP) is 2.96. The van der Waals surface area contributed by atoms with Crippen LogP contribution < -0.4 is 5.32 Å². The van der Waals surface area contributed by atoms with Gasteiger partial charge in [-0.2, -0.15) is 0 Å². The van der Waals surface area contributed by atoms with Gasteiger partial charge in [0.1, 0.15) is 0 Å². The minimum absolute atomic E-state index is 0.0822. The summed E-state index contributed by atoms with van der Waals surface area (Å²) in [5, 5.41) is 2.82. The number of ether oxygens (including phenoxy) is 2. The zero-order chi connectivity index (χ0) is 17.3. The van der Waals surface area contributed by atoms with Crippen molar-refractivity contribution in [3.8, 4) is 0 Å². The molecule has 2 amide bonds. The van der Waals surface area contributed by atoms with E-state index in [1.165, 1.54) is 6.07 Å². The quantitative estimate of drug-likeness (QED) is 0.900. The molecule has 2 saturated heterocycles. The summed E-state index contributed by atoms with van der Waals surface area (Å²) in [6.07, 6.45) is 1.34. The Morgan fingerprint density at radius 2 is 2.04 bits per heavy atom. The fraction of sp³-hybridized carbons (Fsp3) is 0.588. The summed E-state index contributed by atoms with van der Waals surface area (Å²) < 4.78 is 37.9. The SMILES string of the molecule is C[C@H]1COC2(CCN(C(=O)N[C@H](C)c3ccc(F)c(F)c3)CC2)O1. The van der Waals surface area contributed by atoms with Gasteiger partial charge in [0, 0.05) is 25.9 Å². The van der Waals surface area contributed by atoms with Gasteiger partial charge in [0.05, 0.1) is 18.8 Å². The summed E-state index contributed by atoms with van der Waals surface area (Å²) in [6.45, 7) is 5.35. The maximum atomic E-state index is 13.3. The summed E-state index contributed by atoms with van der Waals surface area (Å²) in [5.74, 6) is -2.37. The summed E-state index contributed by atoms with van der Waals surface area (Å²) in [4.78, 5) is 14.1. The summed E-state index contributed by atoms with van der Waals surface area (Å²) >= 11 is 0. The monoisotopic (exact) mass is 340 g/mol. The van der Waals surface area contributed by atoms with Gasteiger partial charge in [-0.15, -0.1) is 0 Å². The van der Waals surface area contributed by atoms with Crippen LogP contribution in [0.4, 0.5) is 13.6 Å². The van der Waals surface area contributed by atoms with E-state index in [0.29, 0.717) is 38.1 Å². The Morgan fingerprint density at radius 1 is 1.33 bits per heavy atom. The first-order valence-corrected chi connectivity index (χ1v) is 8.21. The number of nitrogens with zero attached hydrogens (tertiary/aromatic N) is 1. The molecule has 1 aromatic carbocycles. The van der Waals surface area contributed by atoms with Crippen molar-refractivity contribution >= 4 is 6.03 Å². The van der Waals surface area contributed by atoms with E-state index in [1.54, 1.807) is 11.8 Å². The largest absolute Gasteiger partial charge is 0.347 e. The molecule has 5 nitrogen and oxygen atoms in total. The molecule has 1 spiro atoms. The van der Waals surface area contributed by atoms with Crippen LogP contribution in [-0.4, -0.2) is 42.5 Å². The number of halogens is 2. The fourth-order valence-electron chi connectivity index (χ4n) is 3.16. The minimum atomic E-state index is -0.918. The normalized spacial score (nSPS) is 24.2. The first kappa shape index (κ1) is 17.1. The smallest absolute Gasteiger partial charge is 0.317 e. The number of likely N-dealkylation sites (tertiary alicyclic amines) is 1. The summed E-state index contributed by atoms with van der Waals surface area (Å²) in [7, 11) is 0. The molecule has 0 bridgehead atoms. The second-order valence-corrected chi connectivity index (χ2v) is 6.48. The number of carbonyl (C=O) groups is 1. The highest BCUT2D eigenvalue weighted by molar-refractivity contribution is 5.74. The number of urea groups is 1. The van der Waals surface area contributed by atoms with Gasteiger partial charge in [0.25, 0.3) is 0 Å². The third kappa shape index (κ3) is 3.52. The zero-order valence-corrected chi connectivity index (χ0v) is 13.9. The number of hydrogen-bond acceptors (Lipinski definition) is 3. The minimum Gasteiger partial charge on any atom is -0.347 e. The molecule has 3 rings (SSSR count). The molecular weight excluding hydrogens is 318 g/mol. The Labute approximate surface area is 139 Å². The average molecular weight is 340 g/mol. The van der Waals surface area contributed by atoms with Gasteiger partial charge in [0.2, 0.25) is 0 Å². The van der Waals surface area contributed by atoms with E-state index in [1.807, 2.05) is 6.92 Å². The first-order chi connectivity index (χ1) is 11.4. The van der Waals surface area contributed by atoms with Gasteiger partial charge in [-0.05, 0) is 31.5 Å². The molecule has 2 aliphatic rings. The number of rotatable bonds is 2. The summed E-state index contributed by atoms with van der Waals surface area (Å²) in [6, 6.07) is 2.99. The highest BCUT2D eigenvalue weighted by Crippen LogP contribution is 2.34. The Kier molecular flexibility index (Phi) is 4.73. The lowest BCUT2D eigenvalue weighted by Crippen LogP contribution is -2.50. The molecule has 7 heteroatoms. The van der Waals surface area contributed by atoms with Gasteiger partial charge in [-0.3, -0.25) is 0 Å². The molecule has 0 unspecified atom stereocenters. The van der Waals surface area contributed by atoms with Crippen LogP contribution in [0.1, 0.15) is 38.3 Å². The van der Waals surface area contributed by atoms with Crippen LogP contribution in [0.15, 0.2) is 18.2 Å². The second-order valence-electron chi connectivity index (χ2n) is 6.48. The van der Waals surface area contributed by atoms with Crippen LogP contribution in [0.3, 0.4) is 0 Å². The van der Waals surface area contributed by atoms with Crippen LogP contribution in [0.5, 0.6) is 0 Å². The van der Waals surface area contributed by atoms with E-state index in [-0.39, 0.29) is 12.1 Å². The van der Waals surface area contributed by atoms with Crippen molar-refractivity contribution in [3.63, 3.8) is 0 Å². The number of nitrogens with one attached hydrogen (secondary N) is 1. The molecule has 24 heavy (non-hydrogen) atoms. The van der Waals surface area contributed by atoms with E-state index >= 15 is 0 Å². The molecule has 1 N–H and O–H groups in total. The molecule has 2 heterocycles. The van der Waals surface area contributed by atoms with E-state index in [4.69, 9.17) is 9.47 Å². The highest BCUT2D eigenvalue weighted by atomic mass is 19.2. The van der Waals surface area contributed by atoms with Crippen LogP contribution in [0, 0.1) is 11.6 Å². The Hall–Kier alpha value is -1.73. The Bertz CT molecular complexity index is 618. The summed E-state index contributed by atoms with van der Waals surface area (Å²) in [5.41, 5.74) is 0.520. The van der Waals surface area contributed by atoms with Crippen LogP contribution >= 0.6 is 0 Å². The molecule has 1 aromatic rings. The topological polar surface area (TPSA) is 50.8 Å². The average Bonchev–Trinajstić information content (AvgIpc) is 2.91. The van der Waals surface area contributed by atoms with Crippen molar-refractivity contribution in [1.82, 2.24) is 10.2 Å². The van der Waals surface area contributed by atoms with Crippen LogP contribution in [-0.2, 0) is 9.47 Å². The van der Waals surface area contributed by atoms with Crippen molar-refractivity contribution in [1.29, 1.82) is 0 Å². The van der Waals surface area contributed by atoms with Crippen LogP contribution in [0.25, 0.3) is 0 Å². The van der Waals surface area contributed by atoms with E-state index in [0.717, 1.165) is 12.1 Å². The molecule has 0 aliphatic carbocycles. The third-order valence-corrected chi connectivity index (χ3v) is 4.59. The maximum Gasteiger partial charge on any atom is 0.317 e. The van der Waals surface area contributed by atoms with Crippen molar-refractivity contribution in [2.24, 2.45) is 0 Å². The molecule has 2 fully saturated rings. The molecular formula is C17H22F2N2O3. The highest BCUT2D eigenvalue weighted by Gasteiger charge is 2.43. The van der Waals surface area contributed by atoms with Crippen molar-refractivity contribution in [2.75, 3.05) is 19.7 Å². The second kappa shape index (κ2) is 6.64. The van der Waals surface area contributed by atoms with Gasteiger partial charge < -0.3 is 19.7 Å². The Morgan fingerprint density at radius 3 is 2.62 bits per heavy atom. The fourth-order valence-corrected chi connectivity index (χ4v) is 3.16. The first-order valence-electron chi connectivity index (χ1n) is 8.21. The maximum absolute atomic E-state index is 13.3. The molecule has 0 aromatic heterocycles. The predicted molar refractivity (Wildman–Crippen MR) is 83.3 cm³/mol. The van der Waals surface area contributed by atoms with Gasteiger partial charge in [-0.25, -0.2) is 13.6 Å². The lowest BCUT2D eigenvalue weighted by atomic mass is 10.0. The van der Waals surface area contributed by atoms with E-state index in [2.05, 4.69) is 5.32 Å². The standard InChI is InChI=1S/C17H22F2N2O3/c1-11-10-23-17(24-11)5-7-21(8-6-17)16(22)20-12(2)13-3-4-14(18)15(19)9-13/h3-4,9,11-12H,5-8,10H2,1-2H3,(H,20,22)/t11-,12+/m0/s1. The number of benzene rings is 1. The lowest BCUT2D eigenvalue weighted by molar-refractivity contribution is -0.189. The lowest BCUT2D eigenvalue weighted by Gasteiger charge is -2.38. The van der Waals surface area contributed by atoms with E-state index < -0.39 is 23.5 Å². The number of carbonyl (C=O) groups excluding carboxylic acids is 1. The molecule has 2 aliphatic heterocycles. The molecule has 2 atom stereocenters. The van der Waals surface area contributed by atoms with Gasteiger partial charge >= 0.3 is 6.03 Å². The third-order valence-electron chi connectivity index (χ3n) is 4.59.